The highest BCUT2D eigenvalue weighted by Gasteiger charge is 2.24. The van der Waals surface area contributed by atoms with Gasteiger partial charge in [-0.15, -0.1) is 0 Å². The van der Waals surface area contributed by atoms with Crippen LogP contribution in [0.3, 0.4) is 0 Å². The van der Waals surface area contributed by atoms with Crippen LogP contribution in [0.5, 0.6) is 0 Å². The maximum Gasteiger partial charge on any atom is 0.293 e. The highest BCUT2D eigenvalue weighted by molar-refractivity contribution is 6.42. The molecule has 0 aliphatic heterocycles. The molecule has 0 saturated heterocycles. The molecule has 24 heavy (non-hydrogen) atoms. The normalized spacial score (nSPS) is 11.7. The van der Waals surface area contributed by atoms with E-state index in [9.17, 15) is 9.59 Å². The summed E-state index contributed by atoms with van der Waals surface area (Å²) in [6.07, 6.45) is 6.37. The van der Waals surface area contributed by atoms with Crippen LogP contribution in [-0.2, 0) is 11.8 Å². The molecule has 1 aromatic carbocycles. The summed E-state index contributed by atoms with van der Waals surface area (Å²) in [5, 5.41) is 2.78. The first kappa shape index (κ1) is 15.6. The summed E-state index contributed by atoms with van der Waals surface area (Å²) >= 11 is 0. The van der Waals surface area contributed by atoms with Crippen LogP contribution in [0, 0.1) is 0 Å². The van der Waals surface area contributed by atoms with Crippen LogP contribution in [-0.4, -0.2) is 26.2 Å². The second kappa shape index (κ2) is 6.87. The molecular formula is C18H16N4O2. The summed E-state index contributed by atoms with van der Waals surface area (Å²) in [6.45, 7) is 0. The Morgan fingerprint density at radius 1 is 1.08 bits per heavy atom. The van der Waals surface area contributed by atoms with Gasteiger partial charge >= 0.3 is 0 Å². The van der Waals surface area contributed by atoms with Gasteiger partial charge in [0, 0.05) is 37.4 Å². The van der Waals surface area contributed by atoms with Gasteiger partial charge in [-0.25, -0.2) is 4.98 Å². The number of hydrogen-bond donors (Lipinski definition) is 1. The molecule has 1 N–H and O–H groups in total. The van der Waals surface area contributed by atoms with Crippen LogP contribution < -0.4 is 5.32 Å². The molecule has 1 atom stereocenters. The number of benzene rings is 1. The van der Waals surface area contributed by atoms with E-state index in [4.69, 9.17) is 0 Å². The number of rotatable bonds is 5. The maximum absolute atomic E-state index is 12.4. The van der Waals surface area contributed by atoms with Crippen molar-refractivity contribution in [3.05, 3.63) is 84.2 Å². The van der Waals surface area contributed by atoms with E-state index in [2.05, 4.69) is 15.3 Å². The van der Waals surface area contributed by atoms with Gasteiger partial charge in [-0.05, 0) is 17.7 Å². The first-order chi connectivity index (χ1) is 11.7. The van der Waals surface area contributed by atoms with Crippen LogP contribution in [0.4, 0.5) is 0 Å². The number of nitrogens with one attached hydrogen (secondary N) is 1. The molecule has 120 valence electrons. The summed E-state index contributed by atoms with van der Waals surface area (Å²) in [4.78, 5) is 32.9. The third-order valence-electron chi connectivity index (χ3n) is 3.65. The Kier molecular flexibility index (Phi) is 4.47. The Labute approximate surface area is 139 Å². The van der Waals surface area contributed by atoms with E-state index in [1.807, 2.05) is 41.9 Å². The fourth-order valence-electron chi connectivity index (χ4n) is 2.42. The van der Waals surface area contributed by atoms with Crippen molar-refractivity contribution in [2.45, 2.75) is 6.04 Å². The third kappa shape index (κ3) is 3.22. The summed E-state index contributed by atoms with van der Waals surface area (Å²) < 4.78 is 1.81. The molecule has 0 aliphatic carbocycles. The number of nitrogens with zero attached hydrogens (tertiary/aromatic N) is 3. The molecule has 0 radical (unpaired) electrons. The van der Waals surface area contributed by atoms with E-state index < -0.39 is 17.7 Å². The SMILES string of the molecule is Cn1ccnc1[C@@H](NC(=O)C(=O)c1cccnc1)c1ccccc1. The van der Waals surface area contributed by atoms with E-state index >= 15 is 0 Å². The largest absolute Gasteiger partial charge is 0.336 e. The van der Waals surface area contributed by atoms with Crippen molar-refractivity contribution < 1.29 is 9.59 Å². The minimum Gasteiger partial charge on any atom is -0.336 e. The zero-order valence-corrected chi connectivity index (χ0v) is 13.1. The fourth-order valence-corrected chi connectivity index (χ4v) is 2.42. The van der Waals surface area contributed by atoms with Gasteiger partial charge in [-0.3, -0.25) is 14.6 Å². The Morgan fingerprint density at radius 3 is 2.50 bits per heavy atom. The average molecular weight is 320 g/mol. The molecule has 0 unspecified atom stereocenters. The van der Waals surface area contributed by atoms with Gasteiger partial charge in [-0.2, -0.15) is 0 Å². The zero-order valence-electron chi connectivity index (χ0n) is 13.1. The summed E-state index contributed by atoms with van der Waals surface area (Å²) in [5.74, 6) is -0.674. The quantitative estimate of drug-likeness (QED) is 0.575. The third-order valence-corrected chi connectivity index (χ3v) is 3.65. The molecule has 0 aliphatic rings. The molecule has 1 amide bonds. The van der Waals surface area contributed by atoms with Gasteiger partial charge in [-0.1, -0.05) is 30.3 Å². The van der Waals surface area contributed by atoms with E-state index in [0.29, 0.717) is 5.82 Å². The first-order valence-electron chi connectivity index (χ1n) is 7.44. The van der Waals surface area contributed by atoms with Gasteiger partial charge in [0.05, 0.1) is 0 Å². The molecule has 0 bridgehead atoms. The van der Waals surface area contributed by atoms with Crippen molar-refractivity contribution in [3.63, 3.8) is 0 Å². The fraction of sp³-hybridized carbons (Fsp3) is 0.111. The van der Waals surface area contributed by atoms with Crippen molar-refractivity contribution in [1.82, 2.24) is 19.9 Å². The van der Waals surface area contributed by atoms with Crippen LogP contribution in [0.2, 0.25) is 0 Å². The average Bonchev–Trinajstić information content (AvgIpc) is 3.06. The van der Waals surface area contributed by atoms with Crippen molar-refractivity contribution in [3.8, 4) is 0 Å². The smallest absolute Gasteiger partial charge is 0.293 e. The molecule has 3 rings (SSSR count). The predicted molar refractivity (Wildman–Crippen MR) is 88.2 cm³/mol. The van der Waals surface area contributed by atoms with E-state index in [-0.39, 0.29) is 5.56 Å². The number of ketones is 1. The number of aryl methyl sites for hydroxylation is 1. The molecule has 2 heterocycles. The van der Waals surface area contributed by atoms with Gasteiger partial charge in [0.25, 0.3) is 11.7 Å². The standard InChI is InChI=1S/C18H16N4O2/c1-22-11-10-20-17(22)15(13-6-3-2-4-7-13)21-18(24)16(23)14-8-5-9-19-12-14/h2-12,15H,1H3,(H,21,24)/t15-/m0/s1. The van der Waals surface area contributed by atoms with Crippen molar-refractivity contribution in [2.75, 3.05) is 0 Å². The van der Waals surface area contributed by atoms with Crippen molar-refractivity contribution in [2.24, 2.45) is 7.05 Å². The van der Waals surface area contributed by atoms with Gasteiger partial charge in [0.15, 0.2) is 0 Å². The lowest BCUT2D eigenvalue weighted by molar-refractivity contribution is -0.117. The number of aromatic nitrogens is 3. The molecule has 6 nitrogen and oxygen atoms in total. The molecule has 0 spiro atoms. The molecular weight excluding hydrogens is 304 g/mol. The number of imidazole rings is 1. The number of carbonyl (C=O) groups excluding carboxylic acids is 2. The van der Waals surface area contributed by atoms with Crippen LogP contribution >= 0.6 is 0 Å². The van der Waals surface area contributed by atoms with E-state index in [1.165, 1.54) is 6.20 Å². The topological polar surface area (TPSA) is 76.9 Å². The van der Waals surface area contributed by atoms with E-state index in [1.54, 1.807) is 30.7 Å². The monoisotopic (exact) mass is 320 g/mol. The number of Topliss-reactive ketones (excluding diaryl/α,β-unsaturated/α-hetero) is 1. The Balaban J connectivity index is 1.89. The number of carbonyl (C=O) groups is 2. The molecule has 0 saturated carbocycles. The molecule has 6 heteroatoms. The summed E-state index contributed by atoms with van der Waals surface area (Å²) in [7, 11) is 1.84. The van der Waals surface area contributed by atoms with Crippen molar-refractivity contribution >= 4 is 11.7 Å². The van der Waals surface area contributed by atoms with Gasteiger partial charge in [0.1, 0.15) is 11.9 Å². The molecule has 0 fully saturated rings. The number of pyridine rings is 1. The highest BCUT2D eigenvalue weighted by Crippen LogP contribution is 2.20. The zero-order chi connectivity index (χ0) is 16.9. The maximum atomic E-state index is 12.4. The Hall–Kier alpha value is -3.28. The minimum atomic E-state index is -0.695. The van der Waals surface area contributed by atoms with Crippen LogP contribution in [0.15, 0.2) is 67.3 Å². The summed E-state index contributed by atoms with van der Waals surface area (Å²) in [6, 6.07) is 12.1. The Morgan fingerprint density at radius 2 is 1.88 bits per heavy atom. The summed E-state index contributed by atoms with van der Waals surface area (Å²) in [5.41, 5.74) is 1.10. The number of hydrogen-bond acceptors (Lipinski definition) is 4. The lowest BCUT2D eigenvalue weighted by atomic mass is 10.1. The van der Waals surface area contributed by atoms with E-state index in [0.717, 1.165) is 5.56 Å². The highest BCUT2D eigenvalue weighted by atomic mass is 16.2. The second-order valence-electron chi connectivity index (χ2n) is 5.28. The first-order valence-corrected chi connectivity index (χ1v) is 7.44. The molecule has 2 aromatic heterocycles. The lowest BCUT2D eigenvalue weighted by Gasteiger charge is -2.18. The second-order valence-corrected chi connectivity index (χ2v) is 5.28. The predicted octanol–water partition coefficient (Wildman–Crippen LogP) is 1.90. The number of amides is 1. The van der Waals surface area contributed by atoms with Gasteiger partial charge < -0.3 is 9.88 Å². The van der Waals surface area contributed by atoms with Crippen LogP contribution in [0.1, 0.15) is 27.8 Å². The lowest BCUT2D eigenvalue weighted by Crippen LogP contribution is -2.36. The molecule has 3 aromatic rings. The Bertz CT molecular complexity index is 844. The minimum absolute atomic E-state index is 0.252. The van der Waals surface area contributed by atoms with Crippen LogP contribution in [0.25, 0.3) is 0 Å². The van der Waals surface area contributed by atoms with Gasteiger partial charge in [0.2, 0.25) is 0 Å². The van der Waals surface area contributed by atoms with Crippen molar-refractivity contribution in [1.29, 1.82) is 0 Å².